The molecule has 2 N–H and O–H groups in total. The van der Waals surface area contributed by atoms with Gasteiger partial charge in [0, 0.05) is 0 Å². The SMILES string of the molecule is O=C(O)c1c(O)ccc2c1OCO2. The fourth-order valence-electron chi connectivity index (χ4n) is 1.17. The molecule has 1 aromatic rings. The minimum atomic E-state index is -1.24. The molecule has 1 aliphatic rings. The van der Waals surface area contributed by atoms with Crippen LogP contribution in [0, 0.1) is 0 Å². The summed E-state index contributed by atoms with van der Waals surface area (Å²) in [5.41, 5.74) is -0.255. The van der Waals surface area contributed by atoms with Gasteiger partial charge in [0.1, 0.15) is 11.3 Å². The van der Waals surface area contributed by atoms with Gasteiger partial charge >= 0.3 is 5.97 Å². The van der Waals surface area contributed by atoms with Crippen molar-refractivity contribution in [2.24, 2.45) is 0 Å². The largest absolute Gasteiger partial charge is 0.507 e. The first-order valence-corrected chi connectivity index (χ1v) is 3.55. The molecule has 13 heavy (non-hydrogen) atoms. The quantitative estimate of drug-likeness (QED) is 0.672. The summed E-state index contributed by atoms with van der Waals surface area (Å²) in [6.45, 7) is -0.0148. The molecule has 0 saturated heterocycles. The lowest BCUT2D eigenvalue weighted by atomic mass is 10.1. The van der Waals surface area contributed by atoms with E-state index >= 15 is 0 Å². The van der Waals surface area contributed by atoms with Gasteiger partial charge in [-0.15, -0.1) is 0 Å². The van der Waals surface area contributed by atoms with Gasteiger partial charge in [-0.3, -0.25) is 0 Å². The molecule has 0 bridgehead atoms. The van der Waals surface area contributed by atoms with E-state index in [1.807, 2.05) is 0 Å². The molecule has 0 spiro atoms. The lowest BCUT2D eigenvalue weighted by molar-refractivity contribution is 0.0689. The zero-order chi connectivity index (χ0) is 9.42. The smallest absolute Gasteiger partial charge is 0.343 e. The van der Waals surface area contributed by atoms with Crippen molar-refractivity contribution in [2.75, 3.05) is 6.79 Å². The van der Waals surface area contributed by atoms with E-state index < -0.39 is 5.97 Å². The third-order valence-electron chi connectivity index (χ3n) is 1.73. The summed E-state index contributed by atoms with van der Waals surface area (Å²) in [5.74, 6) is -1.13. The van der Waals surface area contributed by atoms with Gasteiger partial charge in [-0.1, -0.05) is 0 Å². The lowest BCUT2D eigenvalue weighted by Gasteiger charge is -2.02. The predicted molar refractivity (Wildman–Crippen MR) is 41.2 cm³/mol. The molecule has 1 aliphatic heterocycles. The minimum Gasteiger partial charge on any atom is -0.507 e. The monoisotopic (exact) mass is 182 g/mol. The molecular weight excluding hydrogens is 176 g/mol. The van der Waals surface area contributed by atoms with Crippen LogP contribution in [-0.4, -0.2) is 23.0 Å². The number of carbonyl (C=O) groups is 1. The summed E-state index contributed by atoms with van der Waals surface area (Å²) in [7, 11) is 0. The van der Waals surface area contributed by atoms with Gasteiger partial charge in [0.05, 0.1) is 0 Å². The Hall–Kier alpha value is -1.91. The van der Waals surface area contributed by atoms with Crippen molar-refractivity contribution < 1.29 is 24.5 Å². The van der Waals surface area contributed by atoms with Gasteiger partial charge in [0.15, 0.2) is 11.5 Å². The highest BCUT2D eigenvalue weighted by atomic mass is 16.7. The Balaban J connectivity index is 2.65. The maximum Gasteiger partial charge on any atom is 0.343 e. The van der Waals surface area contributed by atoms with Crippen molar-refractivity contribution in [3.8, 4) is 17.2 Å². The first-order valence-electron chi connectivity index (χ1n) is 3.55. The second-order valence-corrected chi connectivity index (χ2v) is 2.50. The molecule has 0 unspecified atom stereocenters. The number of aromatic carboxylic acids is 1. The number of benzene rings is 1. The van der Waals surface area contributed by atoms with Crippen LogP contribution in [0.2, 0.25) is 0 Å². The van der Waals surface area contributed by atoms with E-state index in [4.69, 9.17) is 14.6 Å². The molecule has 0 atom stereocenters. The second-order valence-electron chi connectivity index (χ2n) is 2.50. The topological polar surface area (TPSA) is 76.0 Å². The number of rotatable bonds is 1. The zero-order valence-corrected chi connectivity index (χ0v) is 6.48. The Morgan fingerprint density at radius 3 is 2.85 bits per heavy atom. The van der Waals surface area contributed by atoms with Gasteiger partial charge in [-0.2, -0.15) is 0 Å². The Bertz CT molecular complexity index is 371. The van der Waals surface area contributed by atoms with Crippen LogP contribution >= 0.6 is 0 Å². The molecule has 2 rings (SSSR count). The Morgan fingerprint density at radius 2 is 2.15 bits per heavy atom. The molecule has 0 radical (unpaired) electrons. The molecule has 0 aromatic heterocycles. The normalized spacial score (nSPS) is 12.9. The molecule has 0 amide bonds. The summed E-state index contributed by atoms with van der Waals surface area (Å²) in [6, 6.07) is 2.72. The van der Waals surface area contributed by atoms with Crippen molar-refractivity contribution in [2.45, 2.75) is 0 Å². The minimum absolute atomic E-state index is 0.0148. The number of fused-ring (bicyclic) bond motifs is 1. The molecule has 5 heteroatoms. The fourth-order valence-corrected chi connectivity index (χ4v) is 1.17. The van der Waals surface area contributed by atoms with Crippen molar-refractivity contribution in [3.63, 3.8) is 0 Å². The van der Waals surface area contributed by atoms with E-state index in [-0.39, 0.29) is 23.9 Å². The van der Waals surface area contributed by atoms with Crippen molar-refractivity contribution in [1.82, 2.24) is 0 Å². The molecule has 0 fully saturated rings. The maximum absolute atomic E-state index is 10.7. The Kier molecular flexibility index (Phi) is 1.51. The molecule has 5 nitrogen and oxygen atoms in total. The van der Waals surface area contributed by atoms with E-state index in [1.165, 1.54) is 12.1 Å². The first kappa shape index (κ1) is 7.72. The number of aromatic hydroxyl groups is 1. The van der Waals surface area contributed by atoms with Gasteiger partial charge < -0.3 is 19.7 Å². The van der Waals surface area contributed by atoms with E-state index in [9.17, 15) is 9.90 Å². The highest BCUT2D eigenvalue weighted by Crippen LogP contribution is 2.39. The summed E-state index contributed by atoms with van der Waals surface area (Å²) in [4.78, 5) is 10.7. The van der Waals surface area contributed by atoms with Crippen LogP contribution in [0.5, 0.6) is 17.2 Å². The van der Waals surface area contributed by atoms with Crippen LogP contribution in [0.25, 0.3) is 0 Å². The fraction of sp³-hybridized carbons (Fsp3) is 0.125. The molecule has 0 aliphatic carbocycles. The van der Waals surface area contributed by atoms with Gasteiger partial charge in [0.2, 0.25) is 6.79 Å². The van der Waals surface area contributed by atoms with Crippen LogP contribution in [-0.2, 0) is 0 Å². The number of carboxylic acid groups (broad SMARTS) is 1. The summed E-state index contributed by atoms with van der Waals surface area (Å²) >= 11 is 0. The third-order valence-corrected chi connectivity index (χ3v) is 1.73. The first-order chi connectivity index (χ1) is 6.20. The standard InChI is InChI=1S/C8H6O5/c9-4-1-2-5-7(13-3-12-5)6(4)8(10)11/h1-2,9H,3H2,(H,10,11). The van der Waals surface area contributed by atoms with Crippen LogP contribution in [0.4, 0.5) is 0 Å². The van der Waals surface area contributed by atoms with Gasteiger partial charge in [0.25, 0.3) is 0 Å². The van der Waals surface area contributed by atoms with E-state index in [1.54, 1.807) is 0 Å². The summed E-state index contributed by atoms with van der Waals surface area (Å²) < 4.78 is 9.86. The number of ether oxygens (including phenoxy) is 2. The lowest BCUT2D eigenvalue weighted by Crippen LogP contribution is -2.00. The summed E-state index contributed by atoms with van der Waals surface area (Å²) in [6.07, 6.45) is 0. The number of phenols is 1. The average molecular weight is 182 g/mol. The van der Waals surface area contributed by atoms with Crippen LogP contribution in [0.1, 0.15) is 10.4 Å². The Morgan fingerprint density at radius 1 is 1.38 bits per heavy atom. The second kappa shape index (κ2) is 2.55. The van der Waals surface area contributed by atoms with Crippen molar-refractivity contribution >= 4 is 5.97 Å². The highest BCUT2D eigenvalue weighted by Gasteiger charge is 2.25. The molecule has 1 heterocycles. The number of hydrogen-bond donors (Lipinski definition) is 2. The maximum atomic E-state index is 10.7. The van der Waals surface area contributed by atoms with Crippen LogP contribution in [0.15, 0.2) is 12.1 Å². The molecule has 1 aromatic carbocycles. The zero-order valence-electron chi connectivity index (χ0n) is 6.48. The van der Waals surface area contributed by atoms with Gasteiger partial charge in [-0.25, -0.2) is 4.79 Å². The third kappa shape index (κ3) is 1.05. The van der Waals surface area contributed by atoms with E-state index in [2.05, 4.69) is 0 Å². The number of carboxylic acids is 1. The van der Waals surface area contributed by atoms with Crippen molar-refractivity contribution in [1.29, 1.82) is 0 Å². The summed E-state index contributed by atoms with van der Waals surface area (Å²) in [5, 5.41) is 18.0. The predicted octanol–water partition coefficient (Wildman–Crippen LogP) is 0.819. The van der Waals surface area contributed by atoms with Crippen LogP contribution < -0.4 is 9.47 Å². The highest BCUT2D eigenvalue weighted by molar-refractivity contribution is 5.95. The average Bonchev–Trinajstić information content (AvgIpc) is 2.50. The number of hydrogen-bond acceptors (Lipinski definition) is 4. The Labute approximate surface area is 73.1 Å². The molecule has 68 valence electrons. The van der Waals surface area contributed by atoms with E-state index in [0.29, 0.717) is 5.75 Å². The van der Waals surface area contributed by atoms with Crippen LogP contribution in [0.3, 0.4) is 0 Å². The molecule has 0 saturated carbocycles. The van der Waals surface area contributed by atoms with E-state index in [0.717, 1.165) is 0 Å². The van der Waals surface area contributed by atoms with Crippen molar-refractivity contribution in [3.05, 3.63) is 17.7 Å². The van der Waals surface area contributed by atoms with Gasteiger partial charge in [-0.05, 0) is 12.1 Å². The molecular formula is C8H6O5.